The number of H-pyrrole nitrogens is 2. The number of alkyl halides is 6. The van der Waals surface area contributed by atoms with Gasteiger partial charge in [-0.05, 0) is 108 Å². The number of methoxy groups -OCH3 is 2. The quantitative estimate of drug-likeness (QED) is 0.0588. The molecule has 0 radical (unpaired) electrons. The molecule has 8 rings (SSSR count). The van der Waals surface area contributed by atoms with Gasteiger partial charge in [-0.3, -0.25) is 0 Å². The lowest BCUT2D eigenvalue weighted by molar-refractivity contribution is -0.138. The fourth-order valence-electron chi connectivity index (χ4n) is 6.23. The van der Waals surface area contributed by atoms with E-state index in [9.17, 15) is 35.9 Å². The normalized spacial score (nSPS) is 11.2. The van der Waals surface area contributed by atoms with Crippen LogP contribution in [0.1, 0.15) is 43.5 Å². The van der Waals surface area contributed by atoms with Gasteiger partial charge in [-0.25, -0.2) is 19.6 Å². The number of hydrogen-bond acceptors (Lipinski definition) is 10. The van der Waals surface area contributed by atoms with E-state index in [0.717, 1.165) is 56.4 Å². The predicted molar refractivity (Wildman–Crippen MR) is 236 cm³/mol. The summed E-state index contributed by atoms with van der Waals surface area (Å²) < 4.78 is 96.6. The van der Waals surface area contributed by atoms with Crippen molar-refractivity contribution in [3.63, 3.8) is 0 Å². The Balaban J connectivity index is 0.000000179. The van der Waals surface area contributed by atoms with Crippen LogP contribution in [0.5, 0.6) is 11.5 Å². The van der Waals surface area contributed by atoms with Crippen molar-refractivity contribution in [1.29, 1.82) is 0 Å². The number of rotatable bonds is 10. The number of aromatic amines is 2. The molecule has 0 saturated heterocycles. The van der Waals surface area contributed by atoms with Gasteiger partial charge in [0.15, 0.2) is 0 Å². The minimum atomic E-state index is -4.39. The summed E-state index contributed by atoms with van der Waals surface area (Å²) in [5.74, 6) is 0.784. The second kappa shape index (κ2) is 21.2. The molecular weight excluding hydrogens is 941 g/mol. The van der Waals surface area contributed by atoms with Gasteiger partial charge in [-0.15, -0.1) is 0 Å². The Morgan fingerprint density at radius 1 is 0.606 bits per heavy atom. The molecule has 0 spiro atoms. The molecule has 0 aliphatic carbocycles. The second-order valence-corrected chi connectivity index (χ2v) is 14.8. The van der Waals surface area contributed by atoms with Crippen molar-refractivity contribution in [2.24, 2.45) is 0 Å². The molecule has 8 aromatic rings. The van der Waals surface area contributed by atoms with E-state index < -0.39 is 42.5 Å². The van der Waals surface area contributed by atoms with E-state index in [1.807, 2.05) is 48.5 Å². The number of fused-ring (bicyclic) bond motifs is 2. The van der Waals surface area contributed by atoms with Crippen molar-refractivity contribution in [3.05, 3.63) is 172 Å². The van der Waals surface area contributed by atoms with Crippen LogP contribution in [0.3, 0.4) is 0 Å². The Morgan fingerprint density at radius 2 is 1.06 bits per heavy atom. The summed E-state index contributed by atoms with van der Waals surface area (Å²) in [7, 11) is 0.915. The first-order valence-electron chi connectivity index (χ1n) is 19.4. The molecule has 0 fully saturated rings. The molecule has 2 heterocycles. The third-order valence-corrected chi connectivity index (χ3v) is 9.92. The minimum absolute atomic E-state index is 0.0636. The van der Waals surface area contributed by atoms with Crippen LogP contribution in [-0.4, -0.2) is 63.3 Å². The van der Waals surface area contributed by atoms with Crippen molar-refractivity contribution in [2.75, 3.05) is 14.2 Å². The Morgan fingerprint density at radius 3 is 1.56 bits per heavy atom. The Kier molecular flexibility index (Phi) is 15.5. The number of halogens is 7. The SMILES string of the molecule is COC(=O)c1ccccc1-c1ccc2nc(COc3ccc(C(F)(F)F)cc3)[nH]c2c1.COC(=O)c1ccccc1B(O)O.FC(F)(F)c1ccc(OCc2nc3ccc(Br)cc3[nH]2)cc1. The zero-order chi connectivity index (χ0) is 47.6. The molecule has 0 bridgehead atoms. The van der Waals surface area contributed by atoms with Gasteiger partial charge in [0.25, 0.3) is 0 Å². The van der Waals surface area contributed by atoms with Crippen LogP contribution in [0.15, 0.2) is 138 Å². The highest BCUT2D eigenvalue weighted by Crippen LogP contribution is 2.32. The van der Waals surface area contributed by atoms with Crippen LogP contribution >= 0.6 is 15.9 Å². The van der Waals surface area contributed by atoms with Gasteiger partial charge in [0.05, 0.1) is 58.5 Å². The average molecular weight is 978 g/mol. The van der Waals surface area contributed by atoms with Crippen molar-refractivity contribution < 1.29 is 64.9 Å². The standard InChI is InChI=1S/C23H17F3N2O3.C15H10BrF3N2O.C8H9BO4/c1-30-22(29)18-5-3-2-4-17(18)14-6-11-19-20(12-14)28-21(27-19)13-31-16-9-7-15(8-10-16)23(24,25)26;16-10-3-6-12-13(7-10)21-14(20-12)8-22-11-4-1-9(2-5-11)15(17,18)19;1-13-8(10)6-4-2-3-5-7(6)9(11)12/h2-12H,13H2,1H3,(H,27,28);1-7H,8H2,(H,20,21);2-5,11-12H,1H3. The number of hydrogen-bond donors (Lipinski definition) is 4. The molecule has 0 saturated carbocycles. The lowest BCUT2D eigenvalue weighted by atomic mass is 9.77. The van der Waals surface area contributed by atoms with Crippen LogP contribution in [0, 0.1) is 0 Å². The number of benzene rings is 6. The van der Waals surface area contributed by atoms with E-state index in [0.29, 0.717) is 34.2 Å². The molecule has 20 heteroatoms. The van der Waals surface area contributed by atoms with Gasteiger partial charge in [-0.1, -0.05) is 58.4 Å². The number of esters is 2. The van der Waals surface area contributed by atoms with Crippen molar-refractivity contribution >= 4 is 62.5 Å². The zero-order valence-corrected chi connectivity index (χ0v) is 36.2. The van der Waals surface area contributed by atoms with Crippen LogP contribution in [0.2, 0.25) is 0 Å². The van der Waals surface area contributed by atoms with Crippen LogP contribution in [0.4, 0.5) is 26.3 Å². The van der Waals surface area contributed by atoms with Crippen LogP contribution in [0.25, 0.3) is 33.2 Å². The average Bonchev–Trinajstić information content (AvgIpc) is 3.92. The Labute approximate surface area is 380 Å². The van der Waals surface area contributed by atoms with Gasteiger partial charge in [0.1, 0.15) is 36.4 Å². The summed E-state index contributed by atoms with van der Waals surface area (Å²) >= 11 is 3.37. The molecule has 0 aliphatic heterocycles. The van der Waals surface area contributed by atoms with Gasteiger partial charge in [0.2, 0.25) is 0 Å². The monoisotopic (exact) mass is 976 g/mol. The van der Waals surface area contributed by atoms with Gasteiger partial charge in [0, 0.05) is 4.47 Å². The van der Waals surface area contributed by atoms with E-state index >= 15 is 0 Å². The van der Waals surface area contributed by atoms with Crippen LogP contribution < -0.4 is 14.9 Å². The number of aromatic nitrogens is 4. The molecular formula is C46H36BBrF6N4O8. The summed E-state index contributed by atoms with van der Waals surface area (Å²) in [6.07, 6.45) is -8.73. The number of nitrogens with one attached hydrogen (secondary N) is 2. The topological polar surface area (TPSA) is 169 Å². The smallest absolute Gasteiger partial charge is 0.486 e. The van der Waals surface area contributed by atoms with Gasteiger partial charge in [-0.2, -0.15) is 26.3 Å². The Bertz CT molecular complexity index is 2930. The number of carbonyl (C=O) groups is 2. The number of imidazole rings is 2. The third kappa shape index (κ3) is 12.6. The summed E-state index contributed by atoms with van der Waals surface area (Å²) in [5, 5.41) is 17.8. The largest absolute Gasteiger partial charge is 0.489 e. The maximum Gasteiger partial charge on any atom is 0.489 e. The highest BCUT2D eigenvalue weighted by Gasteiger charge is 2.31. The van der Waals surface area contributed by atoms with Crippen LogP contribution in [-0.2, 0) is 35.0 Å². The molecule has 12 nitrogen and oxygen atoms in total. The van der Waals surface area contributed by atoms with Gasteiger partial charge < -0.3 is 39.0 Å². The number of ether oxygens (including phenoxy) is 4. The molecule has 2 aromatic heterocycles. The highest BCUT2D eigenvalue weighted by atomic mass is 79.9. The first-order chi connectivity index (χ1) is 31.4. The molecule has 0 unspecified atom stereocenters. The Hall–Kier alpha value is -7.16. The second-order valence-electron chi connectivity index (χ2n) is 13.9. The number of nitrogens with zero attached hydrogens (tertiary/aromatic N) is 2. The molecule has 0 amide bonds. The van der Waals surface area contributed by atoms with E-state index in [2.05, 4.69) is 40.6 Å². The highest BCUT2D eigenvalue weighted by molar-refractivity contribution is 9.10. The maximum absolute atomic E-state index is 12.7. The molecule has 4 N–H and O–H groups in total. The summed E-state index contributed by atoms with van der Waals surface area (Å²) in [4.78, 5) is 38.2. The van der Waals surface area contributed by atoms with Crippen molar-refractivity contribution in [1.82, 2.24) is 19.9 Å². The summed E-state index contributed by atoms with van der Waals surface area (Å²) in [6, 6.07) is 33.5. The lowest BCUT2D eigenvalue weighted by Crippen LogP contribution is -2.34. The predicted octanol–water partition coefficient (Wildman–Crippen LogP) is 9.69. The van der Waals surface area contributed by atoms with E-state index in [1.165, 1.54) is 50.6 Å². The summed E-state index contributed by atoms with van der Waals surface area (Å²) in [5.41, 5.74) is 3.98. The van der Waals surface area contributed by atoms with E-state index in [4.69, 9.17) is 24.3 Å². The zero-order valence-electron chi connectivity index (χ0n) is 34.6. The number of carbonyl (C=O) groups excluding carboxylic acids is 2. The summed E-state index contributed by atoms with van der Waals surface area (Å²) in [6.45, 7) is 0.214. The third-order valence-electron chi connectivity index (χ3n) is 9.43. The molecule has 66 heavy (non-hydrogen) atoms. The lowest BCUT2D eigenvalue weighted by Gasteiger charge is -2.08. The fourth-order valence-corrected chi connectivity index (χ4v) is 6.59. The van der Waals surface area contributed by atoms with Crippen molar-refractivity contribution in [2.45, 2.75) is 25.6 Å². The minimum Gasteiger partial charge on any atom is -0.486 e. The first-order valence-corrected chi connectivity index (χ1v) is 20.2. The molecule has 340 valence electrons. The molecule has 0 aliphatic rings. The van der Waals surface area contributed by atoms with E-state index in [1.54, 1.807) is 24.3 Å². The molecule has 0 atom stereocenters. The fraction of sp³-hybridized carbons (Fsp3) is 0.130. The van der Waals surface area contributed by atoms with E-state index in [-0.39, 0.29) is 24.2 Å². The molecule has 6 aromatic carbocycles. The van der Waals surface area contributed by atoms with Crippen molar-refractivity contribution in [3.8, 4) is 22.6 Å². The first kappa shape index (κ1) is 48.3. The van der Waals surface area contributed by atoms with Gasteiger partial charge >= 0.3 is 31.4 Å². The maximum atomic E-state index is 12.7.